The highest BCUT2D eigenvalue weighted by atomic mass is 35.5. The molecule has 0 aromatic rings. The minimum absolute atomic E-state index is 0.672. The van der Waals surface area contributed by atoms with E-state index in [9.17, 15) is 24.6 Å². The first-order valence-corrected chi connectivity index (χ1v) is 6.56. The van der Waals surface area contributed by atoms with Gasteiger partial charge >= 0.3 is 17.9 Å². The second kappa shape index (κ2) is 9.74. The molecular formula is C10H14Cl2O9. The molecule has 0 unspecified atom stereocenters. The number of aliphatic carboxylic acids is 1. The number of alkyl halides is 2. The van der Waals surface area contributed by atoms with E-state index in [-0.39, 0.29) is 0 Å². The molecule has 0 saturated carbocycles. The Bertz CT molecular complexity index is 376. The van der Waals surface area contributed by atoms with Crippen LogP contribution in [0.3, 0.4) is 0 Å². The summed E-state index contributed by atoms with van der Waals surface area (Å²) < 4.78 is 9.00. The lowest BCUT2D eigenvalue weighted by molar-refractivity contribution is -0.192. The number of hydrogen-bond acceptors (Lipinski definition) is 8. The fraction of sp³-hybridized carbons (Fsp3) is 0.700. The lowest BCUT2D eigenvalue weighted by atomic mass is 10.0. The van der Waals surface area contributed by atoms with Crippen molar-refractivity contribution in [3.63, 3.8) is 0 Å². The van der Waals surface area contributed by atoms with Crippen molar-refractivity contribution >= 4 is 41.1 Å². The third kappa shape index (κ3) is 6.44. The fourth-order valence-corrected chi connectivity index (χ4v) is 1.38. The second-order valence-electron chi connectivity index (χ2n) is 3.71. The van der Waals surface area contributed by atoms with Crippen molar-refractivity contribution in [2.75, 3.05) is 18.4 Å². The summed E-state index contributed by atoms with van der Waals surface area (Å²) in [6.07, 6.45) is -8.00. The van der Waals surface area contributed by atoms with Gasteiger partial charge in [0.1, 0.15) is 24.0 Å². The third-order valence-electron chi connectivity index (χ3n) is 2.20. The molecule has 0 spiro atoms. The predicted octanol–water partition coefficient (Wildman–Crippen LogP) is -1.91. The standard InChI is InChI=1S/C10H14Cl2O9/c11-1-5(15)20-8(7(17)4(14)3-13)9(10(18)19)21-6(16)2-12/h4,7-9,13-14,17H,1-3H2,(H,18,19)/t4-,7-,8+,9-/m1/s1. The number of halogens is 2. The molecule has 0 aromatic heterocycles. The lowest BCUT2D eigenvalue weighted by Gasteiger charge is -2.29. The molecule has 0 saturated heterocycles. The highest BCUT2D eigenvalue weighted by Gasteiger charge is 2.42. The SMILES string of the molecule is O=C(CCl)O[C@@H]([C@H](O)[C@H](O)CO)[C@@H](OC(=O)CCl)C(=O)O. The first kappa shape index (κ1) is 19.9. The van der Waals surface area contributed by atoms with Crippen LogP contribution in [0.5, 0.6) is 0 Å². The molecule has 122 valence electrons. The summed E-state index contributed by atoms with van der Waals surface area (Å²) in [6.45, 7) is -0.952. The van der Waals surface area contributed by atoms with Crippen LogP contribution in [0.25, 0.3) is 0 Å². The Morgan fingerprint density at radius 3 is 1.86 bits per heavy atom. The molecule has 21 heavy (non-hydrogen) atoms. The molecule has 9 nitrogen and oxygen atoms in total. The third-order valence-corrected chi connectivity index (χ3v) is 2.64. The van der Waals surface area contributed by atoms with Gasteiger partial charge < -0.3 is 29.9 Å². The van der Waals surface area contributed by atoms with Gasteiger partial charge in [-0.1, -0.05) is 0 Å². The maximum atomic E-state index is 11.2. The molecule has 0 aliphatic heterocycles. The minimum Gasteiger partial charge on any atom is -0.478 e. The molecule has 0 radical (unpaired) electrons. The molecular weight excluding hydrogens is 335 g/mol. The summed E-state index contributed by atoms with van der Waals surface area (Å²) in [4.78, 5) is 33.3. The van der Waals surface area contributed by atoms with E-state index in [2.05, 4.69) is 9.47 Å². The normalized spacial score (nSPS) is 16.4. The van der Waals surface area contributed by atoms with Crippen LogP contribution >= 0.6 is 23.2 Å². The van der Waals surface area contributed by atoms with Crippen molar-refractivity contribution in [3.8, 4) is 0 Å². The van der Waals surface area contributed by atoms with Crippen molar-refractivity contribution in [2.24, 2.45) is 0 Å². The summed E-state index contributed by atoms with van der Waals surface area (Å²) in [7, 11) is 0. The quantitative estimate of drug-likeness (QED) is 0.276. The molecule has 0 aliphatic carbocycles. The smallest absolute Gasteiger partial charge is 0.349 e. The van der Waals surface area contributed by atoms with Crippen molar-refractivity contribution in [1.29, 1.82) is 0 Å². The Hall–Kier alpha value is -1.13. The number of ether oxygens (including phenoxy) is 2. The van der Waals surface area contributed by atoms with Crippen LogP contribution in [-0.2, 0) is 23.9 Å². The Balaban J connectivity index is 5.32. The molecule has 0 aliphatic rings. The monoisotopic (exact) mass is 348 g/mol. The van der Waals surface area contributed by atoms with Gasteiger partial charge in [-0.3, -0.25) is 9.59 Å². The summed E-state index contributed by atoms with van der Waals surface area (Å²) in [6, 6.07) is 0. The van der Waals surface area contributed by atoms with E-state index in [4.69, 9.17) is 33.4 Å². The van der Waals surface area contributed by atoms with Gasteiger partial charge in [0.05, 0.1) is 6.61 Å². The topological polar surface area (TPSA) is 151 Å². The van der Waals surface area contributed by atoms with Crippen LogP contribution < -0.4 is 0 Å². The summed E-state index contributed by atoms with van der Waals surface area (Å²) >= 11 is 10.3. The zero-order valence-corrected chi connectivity index (χ0v) is 12.0. The van der Waals surface area contributed by atoms with Crippen molar-refractivity contribution in [2.45, 2.75) is 24.4 Å². The van der Waals surface area contributed by atoms with E-state index < -0.39 is 60.7 Å². The summed E-state index contributed by atoms with van der Waals surface area (Å²) in [5.74, 6) is -5.39. The average molecular weight is 349 g/mol. The number of aliphatic hydroxyl groups is 3. The zero-order valence-electron chi connectivity index (χ0n) is 10.5. The minimum atomic E-state index is -2.14. The summed E-state index contributed by atoms with van der Waals surface area (Å²) in [5.41, 5.74) is 0. The Morgan fingerprint density at radius 2 is 1.48 bits per heavy atom. The molecule has 0 aromatic carbocycles. The first-order valence-electron chi connectivity index (χ1n) is 5.49. The van der Waals surface area contributed by atoms with E-state index in [1.54, 1.807) is 0 Å². The van der Waals surface area contributed by atoms with E-state index >= 15 is 0 Å². The van der Waals surface area contributed by atoms with Crippen molar-refractivity contribution < 1.29 is 44.3 Å². The maximum Gasteiger partial charge on any atom is 0.349 e. The molecule has 0 rings (SSSR count). The zero-order chi connectivity index (χ0) is 16.6. The summed E-state index contributed by atoms with van der Waals surface area (Å²) in [5, 5.41) is 36.7. The van der Waals surface area contributed by atoms with Gasteiger partial charge in [0.25, 0.3) is 0 Å². The number of aliphatic hydroxyl groups excluding tert-OH is 3. The van der Waals surface area contributed by atoms with Gasteiger partial charge in [0.2, 0.25) is 6.10 Å². The van der Waals surface area contributed by atoms with Gasteiger partial charge in [-0.25, -0.2) is 4.79 Å². The Morgan fingerprint density at radius 1 is 1.00 bits per heavy atom. The number of rotatable bonds is 9. The Kier molecular flexibility index (Phi) is 9.22. The van der Waals surface area contributed by atoms with E-state index in [1.807, 2.05) is 0 Å². The molecule has 0 bridgehead atoms. The van der Waals surface area contributed by atoms with Crippen LogP contribution in [-0.4, -0.2) is 81.1 Å². The van der Waals surface area contributed by atoms with E-state index in [1.165, 1.54) is 0 Å². The van der Waals surface area contributed by atoms with Crippen molar-refractivity contribution in [1.82, 2.24) is 0 Å². The highest BCUT2D eigenvalue weighted by Crippen LogP contribution is 2.14. The van der Waals surface area contributed by atoms with Crippen LogP contribution in [0.1, 0.15) is 0 Å². The van der Waals surface area contributed by atoms with Crippen LogP contribution in [0.4, 0.5) is 0 Å². The van der Waals surface area contributed by atoms with Gasteiger partial charge in [0.15, 0.2) is 6.10 Å². The molecule has 4 atom stereocenters. The molecule has 4 N–H and O–H groups in total. The molecule has 0 amide bonds. The number of carbonyl (C=O) groups is 3. The first-order chi connectivity index (χ1) is 9.78. The number of esters is 2. The van der Waals surface area contributed by atoms with Gasteiger partial charge in [-0.2, -0.15) is 0 Å². The number of carboxylic acid groups (broad SMARTS) is 1. The van der Waals surface area contributed by atoms with Gasteiger partial charge in [0, 0.05) is 0 Å². The number of hydrogen-bond donors (Lipinski definition) is 4. The highest BCUT2D eigenvalue weighted by molar-refractivity contribution is 6.26. The van der Waals surface area contributed by atoms with Crippen LogP contribution in [0, 0.1) is 0 Å². The van der Waals surface area contributed by atoms with E-state index in [0.717, 1.165) is 0 Å². The van der Waals surface area contributed by atoms with Gasteiger partial charge in [-0.15, -0.1) is 23.2 Å². The van der Waals surface area contributed by atoms with Crippen molar-refractivity contribution in [3.05, 3.63) is 0 Å². The van der Waals surface area contributed by atoms with E-state index in [0.29, 0.717) is 0 Å². The maximum absolute atomic E-state index is 11.2. The number of carbonyl (C=O) groups excluding carboxylic acids is 2. The largest absolute Gasteiger partial charge is 0.478 e. The van der Waals surface area contributed by atoms with Crippen LogP contribution in [0.2, 0.25) is 0 Å². The Labute approximate surface area is 129 Å². The van der Waals surface area contributed by atoms with Gasteiger partial charge in [-0.05, 0) is 0 Å². The average Bonchev–Trinajstić information content (AvgIpc) is 2.47. The van der Waals surface area contributed by atoms with Crippen LogP contribution in [0.15, 0.2) is 0 Å². The fourth-order valence-electron chi connectivity index (χ4n) is 1.25. The lowest BCUT2D eigenvalue weighted by Crippen LogP contribution is -2.52. The number of carboxylic acids is 1. The molecule has 0 heterocycles. The molecule has 11 heteroatoms. The second-order valence-corrected chi connectivity index (χ2v) is 4.25. The molecule has 0 fully saturated rings. The predicted molar refractivity (Wildman–Crippen MR) is 67.9 cm³/mol.